The summed E-state index contributed by atoms with van der Waals surface area (Å²) in [6.45, 7) is 7.52. The molecule has 168 valence electrons. The van der Waals surface area contributed by atoms with Crippen molar-refractivity contribution in [2.75, 3.05) is 32.7 Å². The van der Waals surface area contributed by atoms with Crippen molar-refractivity contribution in [3.05, 3.63) is 24.3 Å². The highest BCUT2D eigenvalue weighted by Crippen LogP contribution is 2.31. The zero-order valence-electron chi connectivity index (χ0n) is 18.7. The second-order valence-electron chi connectivity index (χ2n) is 9.39. The molecule has 3 N–H and O–H groups in total. The summed E-state index contributed by atoms with van der Waals surface area (Å²) in [6.07, 6.45) is 23.0. The third-order valence-electron chi connectivity index (χ3n) is 6.42. The fourth-order valence-electron chi connectivity index (χ4n) is 4.29. The van der Waals surface area contributed by atoms with Gasteiger partial charge in [0.25, 0.3) is 0 Å². The Balaban J connectivity index is 0.000000348. The average molecular weight is 406 g/mol. The molecular weight excluding hydrogens is 358 g/mol. The van der Waals surface area contributed by atoms with Gasteiger partial charge in [-0.25, -0.2) is 0 Å². The molecule has 0 radical (unpaired) electrons. The predicted molar refractivity (Wildman–Crippen MR) is 126 cm³/mol. The number of rotatable bonds is 12. The monoisotopic (exact) mass is 405 g/mol. The molecule has 2 atom stereocenters. The number of nitrogens with zero attached hydrogens (tertiary/aromatic N) is 1. The zero-order chi connectivity index (χ0) is 20.7. The van der Waals surface area contributed by atoms with E-state index in [1.165, 1.54) is 70.9 Å². The van der Waals surface area contributed by atoms with Crippen LogP contribution in [-0.4, -0.2) is 50.0 Å². The lowest BCUT2D eigenvalue weighted by atomic mass is 9.88. The van der Waals surface area contributed by atoms with E-state index < -0.39 is 0 Å². The summed E-state index contributed by atoms with van der Waals surface area (Å²) in [5.41, 5.74) is 5.56. The Bertz CT molecular complexity index is 479. The number of hydrogen-bond acceptors (Lipinski definition) is 4. The van der Waals surface area contributed by atoms with E-state index in [-0.39, 0.29) is 1.43 Å². The molecule has 0 aromatic carbocycles. The number of carbonyl (C=O) groups is 1. The van der Waals surface area contributed by atoms with Gasteiger partial charge in [-0.15, -0.1) is 0 Å². The van der Waals surface area contributed by atoms with Crippen LogP contribution in [0.25, 0.3) is 0 Å². The quantitative estimate of drug-likeness (QED) is 0.369. The maximum Gasteiger partial charge on any atom is 0.121 e. The summed E-state index contributed by atoms with van der Waals surface area (Å²) in [5, 5.41) is 3.33. The number of likely N-dealkylation sites (tertiary alicyclic amines) is 1. The van der Waals surface area contributed by atoms with Crippen molar-refractivity contribution in [3.8, 4) is 0 Å². The van der Waals surface area contributed by atoms with E-state index in [1.807, 2.05) is 6.92 Å². The normalized spacial score (nSPS) is 23.4. The first-order valence-corrected chi connectivity index (χ1v) is 12.1. The zero-order valence-corrected chi connectivity index (χ0v) is 18.7. The third-order valence-corrected chi connectivity index (χ3v) is 6.42. The van der Waals surface area contributed by atoms with Gasteiger partial charge in [0.2, 0.25) is 0 Å². The van der Waals surface area contributed by atoms with Crippen LogP contribution in [0.5, 0.6) is 0 Å². The smallest absolute Gasteiger partial charge is 0.121 e. The molecule has 2 fully saturated rings. The van der Waals surface area contributed by atoms with Crippen LogP contribution in [0.1, 0.15) is 72.6 Å². The lowest BCUT2D eigenvalue weighted by Crippen LogP contribution is -2.34. The Kier molecular flexibility index (Phi) is 12.5. The SMILES string of the molecule is CC(N)CNCCC1CC1.O=CCCN1CCC(CCCC2C=CC=CC2)CC1.[HH]. The molecule has 29 heavy (non-hydrogen) atoms. The summed E-state index contributed by atoms with van der Waals surface area (Å²) in [4.78, 5) is 12.8. The second-order valence-corrected chi connectivity index (χ2v) is 9.39. The number of hydrogen-bond donors (Lipinski definition) is 2. The fourth-order valence-corrected chi connectivity index (χ4v) is 4.29. The molecule has 3 rings (SSSR count). The van der Waals surface area contributed by atoms with Gasteiger partial charge < -0.3 is 20.7 Å². The van der Waals surface area contributed by atoms with Crippen LogP contribution in [0, 0.1) is 17.8 Å². The molecular formula is C25H47N3O. The van der Waals surface area contributed by atoms with Gasteiger partial charge in [0.15, 0.2) is 0 Å². The standard InChI is InChI=1S/C17H27NO.C8H18N2.H2/c19-15-5-12-18-13-10-17(11-14-18)9-4-8-16-6-2-1-3-7-16;1-7(9)6-10-5-4-8-2-3-8;/h1-3,6,15-17H,4-5,7-14H2;7-8,10H,2-6,9H2,1H3;1H. The van der Waals surface area contributed by atoms with Gasteiger partial charge in [-0.1, -0.05) is 50.0 Å². The molecule has 0 amide bonds. The van der Waals surface area contributed by atoms with Gasteiger partial charge in [0.05, 0.1) is 0 Å². The summed E-state index contributed by atoms with van der Waals surface area (Å²) in [6, 6.07) is 0.305. The Labute approximate surface area is 180 Å². The molecule has 1 saturated heterocycles. The van der Waals surface area contributed by atoms with Crippen molar-refractivity contribution in [1.29, 1.82) is 0 Å². The first kappa shape index (κ1) is 24.3. The van der Waals surface area contributed by atoms with Crippen LogP contribution in [0.3, 0.4) is 0 Å². The van der Waals surface area contributed by atoms with E-state index in [1.54, 1.807) is 0 Å². The number of carbonyl (C=O) groups excluding carboxylic acids is 1. The molecule has 0 bridgehead atoms. The minimum Gasteiger partial charge on any atom is -0.327 e. The molecule has 0 spiro atoms. The van der Waals surface area contributed by atoms with Crippen molar-refractivity contribution in [3.63, 3.8) is 0 Å². The highest BCUT2D eigenvalue weighted by Gasteiger charge is 2.20. The van der Waals surface area contributed by atoms with Crippen molar-refractivity contribution in [2.24, 2.45) is 23.5 Å². The number of nitrogens with one attached hydrogen (secondary N) is 1. The molecule has 1 saturated carbocycles. The number of nitrogens with two attached hydrogens (primary N) is 1. The van der Waals surface area contributed by atoms with E-state index >= 15 is 0 Å². The van der Waals surface area contributed by atoms with Crippen molar-refractivity contribution >= 4 is 6.29 Å². The first-order chi connectivity index (χ1) is 14.2. The Morgan fingerprint density at radius 2 is 1.90 bits per heavy atom. The first-order valence-electron chi connectivity index (χ1n) is 12.1. The van der Waals surface area contributed by atoms with Crippen LogP contribution >= 0.6 is 0 Å². The van der Waals surface area contributed by atoms with E-state index in [0.29, 0.717) is 12.5 Å². The van der Waals surface area contributed by atoms with Crippen LogP contribution < -0.4 is 11.1 Å². The van der Waals surface area contributed by atoms with Crippen molar-refractivity contribution in [2.45, 2.75) is 77.2 Å². The van der Waals surface area contributed by atoms with Gasteiger partial charge >= 0.3 is 0 Å². The highest BCUT2D eigenvalue weighted by atomic mass is 16.1. The topological polar surface area (TPSA) is 58.4 Å². The van der Waals surface area contributed by atoms with Crippen molar-refractivity contribution < 1.29 is 6.22 Å². The molecule has 1 aliphatic heterocycles. The summed E-state index contributed by atoms with van der Waals surface area (Å²) >= 11 is 0. The molecule has 2 aliphatic carbocycles. The van der Waals surface area contributed by atoms with Gasteiger partial charge in [-0.2, -0.15) is 0 Å². The van der Waals surface area contributed by atoms with Crippen molar-refractivity contribution in [1.82, 2.24) is 10.2 Å². The molecule has 2 unspecified atom stereocenters. The van der Waals surface area contributed by atoms with E-state index in [0.717, 1.165) is 43.7 Å². The third kappa shape index (κ3) is 12.3. The van der Waals surface area contributed by atoms with Gasteiger partial charge in [0.1, 0.15) is 6.29 Å². The van der Waals surface area contributed by atoms with Gasteiger partial charge in [-0.3, -0.25) is 0 Å². The largest absolute Gasteiger partial charge is 0.327 e. The molecule has 4 heteroatoms. The lowest BCUT2D eigenvalue weighted by Gasteiger charge is -2.31. The van der Waals surface area contributed by atoms with E-state index in [4.69, 9.17) is 5.73 Å². The number of piperidine rings is 1. The van der Waals surface area contributed by atoms with Crippen LogP contribution in [0.2, 0.25) is 0 Å². The van der Waals surface area contributed by atoms with Crippen LogP contribution in [-0.2, 0) is 4.79 Å². The minimum absolute atomic E-state index is 0. The Morgan fingerprint density at radius 1 is 1.14 bits per heavy atom. The molecule has 0 aromatic rings. The average Bonchev–Trinajstić information content (AvgIpc) is 3.56. The highest BCUT2D eigenvalue weighted by molar-refractivity contribution is 5.49. The summed E-state index contributed by atoms with van der Waals surface area (Å²) < 4.78 is 0. The van der Waals surface area contributed by atoms with Gasteiger partial charge in [0, 0.05) is 27.0 Å². The number of aldehydes is 1. The summed E-state index contributed by atoms with van der Waals surface area (Å²) in [7, 11) is 0. The van der Waals surface area contributed by atoms with Crippen LogP contribution in [0.4, 0.5) is 0 Å². The molecule has 4 nitrogen and oxygen atoms in total. The lowest BCUT2D eigenvalue weighted by molar-refractivity contribution is -0.108. The van der Waals surface area contributed by atoms with E-state index in [2.05, 4.69) is 34.5 Å². The van der Waals surface area contributed by atoms with Crippen LogP contribution in [0.15, 0.2) is 24.3 Å². The van der Waals surface area contributed by atoms with Gasteiger partial charge in [-0.05, 0) is 76.4 Å². The number of allylic oxidation sites excluding steroid dienone is 4. The molecule has 0 aromatic heterocycles. The summed E-state index contributed by atoms with van der Waals surface area (Å²) in [5.74, 6) is 2.76. The van der Waals surface area contributed by atoms with E-state index in [9.17, 15) is 4.79 Å². The Hall–Kier alpha value is -0.970. The minimum atomic E-state index is 0. The molecule has 1 heterocycles. The second kappa shape index (κ2) is 14.9. The maximum absolute atomic E-state index is 10.4. The predicted octanol–water partition coefficient (Wildman–Crippen LogP) is 4.56. The fraction of sp³-hybridized carbons (Fsp3) is 0.800. The Morgan fingerprint density at radius 3 is 2.52 bits per heavy atom. The molecule has 3 aliphatic rings. The maximum atomic E-state index is 10.4.